The Morgan fingerprint density at radius 2 is 0.944 bits per heavy atom. The molecule has 0 aromatic rings. The Hall–Kier alpha value is -2.78. The van der Waals surface area contributed by atoms with Gasteiger partial charge in [-0.25, -0.2) is 0 Å². The normalized spacial score (nSPS) is 17.4. The van der Waals surface area contributed by atoms with Gasteiger partial charge in [0.2, 0.25) is 0 Å². The number of halogens is 21. The van der Waals surface area contributed by atoms with Gasteiger partial charge in [-0.2, -0.15) is 101 Å². The highest BCUT2D eigenvalue weighted by Gasteiger charge is 2.79. The van der Waals surface area contributed by atoms with E-state index >= 15 is 0 Å². The van der Waals surface area contributed by atoms with Crippen molar-refractivity contribution in [3.8, 4) is 0 Å². The molecule has 0 amide bonds. The molecular formula is C21H19F21O11S. The second-order valence-electron chi connectivity index (χ2n) is 10.0. The molecule has 33 heteroatoms. The van der Waals surface area contributed by atoms with E-state index in [9.17, 15) is 110 Å². The van der Waals surface area contributed by atoms with E-state index in [-0.39, 0.29) is 0 Å². The highest BCUT2D eigenvalue weighted by molar-refractivity contribution is 7.87. The van der Waals surface area contributed by atoms with Gasteiger partial charge in [0, 0.05) is 0 Å². The first kappa shape index (κ1) is 51.2. The minimum absolute atomic E-state index is 0.485. The van der Waals surface area contributed by atoms with Gasteiger partial charge < -0.3 is 18.9 Å². The lowest BCUT2D eigenvalue weighted by molar-refractivity contribution is -0.486. The van der Waals surface area contributed by atoms with Gasteiger partial charge in [-0.1, -0.05) is 0 Å². The van der Waals surface area contributed by atoms with Gasteiger partial charge >= 0.3 is 66.6 Å². The first-order valence-corrected chi connectivity index (χ1v) is 14.3. The number of carbonyl (C=O) groups is 2. The average molecular weight is 878 g/mol. The number of rotatable bonds is 20. The van der Waals surface area contributed by atoms with Gasteiger partial charge in [0.15, 0.2) is 10.9 Å². The molecule has 0 aromatic carbocycles. The number of hydrogen-bond acceptors (Lipinski definition) is 10. The molecule has 0 aromatic heterocycles. The van der Waals surface area contributed by atoms with Crippen LogP contribution in [0.1, 0.15) is 13.3 Å². The van der Waals surface area contributed by atoms with E-state index in [1.54, 1.807) is 0 Å². The molecule has 3 atom stereocenters. The number of alkyl halides is 21. The highest BCUT2D eigenvalue weighted by atomic mass is 32.2. The van der Waals surface area contributed by atoms with E-state index in [1.807, 2.05) is 0 Å². The third-order valence-electron chi connectivity index (χ3n) is 5.71. The van der Waals surface area contributed by atoms with Crippen LogP contribution in [0.4, 0.5) is 92.2 Å². The van der Waals surface area contributed by atoms with Crippen molar-refractivity contribution in [1.82, 2.24) is 0 Å². The molecule has 0 rings (SSSR count). The molecule has 0 bridgehead atoms. The minimum atomic E-state index is -7.40. The first-order chi connectivity index (χ1) is 23.5. The summed E-state index contributed by atoms with van der Waals surface area (Å²) in [7, 11) is -5.77. The zero-order valence-electron chi connectivity index (χ0n) is 25.4. The van der Waals surface area contributed by atoms with Crippen molar-refractivity contribution >= 4 is 22.1 Å². The van der Waals surface area contributed by atoms with Crippen LogP contribution in [0.2, 0.25) is 0 Å². The van der Waals surface area contributed by atoms with Crippen molar-refractivity contribution in [3.63, 3.8) is 0 Å². The SMILES string of the molecule is CC(COCCOC(=O)C(CC(=O)OCCOCC(F)(OC(F)(F)C(F)(F)C(F)(F)F)C(F)(F)F)S(=O)(=O)O)(OC(F)(F)C(F)(F)C(F)(F)F)C(F)(F)F. The van der Waals surface area contributed by atoms with Crippen LogP contribution in [0.25, 0.3) is 0 Å². The van der Waals surface area contributed by atoms with E-state index in [0.29, 0.717) is 0 Å². The molecule has 1 N–H and O–H groups in total. The molecule has 3 unspecified atom stereocenters. The Morgan fingerprint density at radius 3 is 1.31 bits per heavy atom. The highest BCUT2D eigenvalue weighted by Crippen LogP contribution is 2.52. The van der Waals surface area contributed by atoms with Gasteiger partial charge in [0.05, 0.1) is 26.2 Å². The molecule has 0 spiro atoms. The summed E-state index contributed by atoms with van der Waals surface area (Å²) in [6.45, 7) is -11.8. The van der Waals surface area contributed by atoms with E-state index in [4.69, 9.17) is 4.55 Å². The van der Waals surface area contributed by atoms with Crippen molar-refractivity contribution < 1.29 is 143 Å². The van der Waals surface area contributed by atoms with Crippen molar-refractivity contribution in [3.05, 3.63) is 0 Å². The van der Waals surface area contributed by atoms with Crippen LogP contribution in [0, 0.1) is 0 Å². The maximum absolute atomic E-state index is 14.0. The molecule has 0 aliphatic carbocycles. The Labute approximate surface area is 284 Å². The minimum Gasteiger partial charge on any atom is -0.463 e. The van der Waals surface area contributed by atoms with E-state index in [2.05, 4.69) is 28.4 Å². The predicted octanol–water partition coefficient (Wildman–Crippen LogP) is 5.92. The average Bonchev–Trinajstić information content (AvgIpc) is 2.91. The summed E-state index contributed by atoms with van der Waals surface area (Å²) >= 11 is 0. The van der Waals surface area contributed by atoms with Crippen LogP contribution in [-0.4, -0.2) is 130 Å². The van der Waals surface area contributed by atoms with Crippen molar-refractivity contribution in [1.29, 1.82) is 0 Å². The number of hydrogen-bond donors (Lipinski definition) is 1. The molecule has 0 saturated carbocycles. The molecular weight excluding hydrogens is 859 g/mol. The van der Waals surface area contributed by atoms with E-state index in [0.717, 1.165) is 0 Å². The third kappa shape index (κ3) is 12.6. The second kappa shape index (κ2) is 16.8. The standard InChI is InChI=1S/C21H19F21O11S/c1-12(16(27,28)29,52-20(39,40)14(23,24)18(33,34)35)7-48-3-5-51-11(44)9(54(45,46)47)6-10(43)50-4-2-49-8-13(22,17(30,31)32)53-21(41,42)15(25,26)19(36,37)38/h9H,2-8H2,1H3,(H,45,46,47). The summed E-state index contributed by atoms with van der Waals surface area (Å²) in [5, 5.41) is -3.08. The van der Waals surface area contributed by atoms with Crippen molar-refractivity contribution in [2.24, 2.45) is 0 Å². The molecule has 322 valence electrons. The molecule has 0 fully saturated rings. The largest absolute Gasteiger partial charge is 0.463 e. The lowest BCUT2D eigenvalue weighted by Gasteiger charge is -2.37. The van der Waals surface area contributed by atoms with Crippen LogP contribution < -0.4 is 0 Å². The molecule has 0 radical (unpaired) electrons. The lowest BCUT2D eigenvalue weighted by Crippen LogP contribution is -2.61. The van der Waals surface area contributed by atoms with Gasteiger partial charge in [0.1, 0.15) is 19.8 Å². The van der Waals surface area contributed by atoms with Crippen molar-refractivity contribution in [2.75, 3.05) is 39.6 Å². The number of ether oxygens (including phenoxy) is 6. The smallest absolute Gasteiger partial charge is 0.462 e. The van der Waals surface area contributed by atoms with Crippen LogP contribution in [0.3, 0.4) is 0 Å². The Bertz CT molecular complexity index is 1380. The maximum Gasteiger partial charge on any atom is 0.462 e. The summed E-state index contributed by atoms with van der Waals surface area (Å²) < 4.78 is 323. The van der Waals surface area contributed by atoms with Crippen LogP contribution in [-0.2, 0) is 48.1 Å². The fraction of sp³-hybridized carbons (Fsp3) is 0.905. The molecule has 54 heavy (non-hydrogen) atoms. The summed E-state index contributed by atoms with van der Waals surface area (Å²) in [6.07, 6.45) is -43.3. The maximum atomic E-state index is 14.0. The monoisotopic (exact) mass is 878 g/mol. The van der Waals surface area contributed by atoms with Gasteiger partial charge in [-0.3, -0.25) is 23.6 Å². The van der Waals surface area contributed by atoms with Gasteiger partial charge in [0.25, 0.3) is 10.1 Å². The van der Waals surface area contributed by atoms with Gasteiger partial charge in [-0.15, -0.1) is 0 Å². The zero-order valence-corrected chi connectivity index (χ0v) is 26.2. The number of carbonyl (C=O) groups excluding carboxylic acids is 2. The summed E-state index contributed by atoms with van der Waals surface area (Å²) in [4.78, 5) is 23.8. The molecule has 0 aliphatic rings. The number of esters is 2. The molecule has 11 nitrogen and oxygen atoms in total. The van der Waals surface area contributed by atoms with Crippen LogP contribution in [0.15, 0.2) is 0 Å². The fourth-order valence-corrected chi connectivity index (χ4v) is 3.44. The first-order valence-electron chi connectivity index (χ1n) is 12.8. The van der Waals surface area contributed by atoms with Crippen LogP contribution >= 0.6 is 0 Å². The van der Waals surface area contributed by atoms with Crippen molar-refractivity contribution in [2.45, 2.75) is 78.8 Å². The Balaban J connectivity index is 5.34. The lowest BCUT2D eigenvalue weighted by atomic mass is 10.1. The Morgan fingerprint density at radius 1 is 0.556 bits per heavy atom. The molecule has 0 aliphatic heterocycles. The third-order valence-corrected chi connectivity index (χ3v) is 6.79. The summed E-state index contributed by atoms with van der Waals surface area (Å²) in [6, 6.07) is 0. The summed E-state index contributed by atoms with van der Waals surface area (Å²) in [5.41, 5.74) is -4.65. The van der Waals surface area contributed by atoms with E-state index < -0.39 is 141 Å². The second-order valence-corrected chi connectivity index (χ2v) is 11.6. The van der Waals surface area contributed by atoms with E-state index in [1.165, 1.54) is 0 Å². The summed E-state index contributed by atoms with van der Waals surface area (Å²) in [5.74, 6) is -24.9. The Kier molecular flexibility index (Phi) is 15.9. The predicted molar refractivity (Wildman–Crippen MR) is 122 cm³/mol. The quantitative estimate of drug-likeness (QED) is 0.0675. The fourth-order valence-electron chi connectivity index (χ4n) is 2.78. The molecule has 0 heterocycles. The zero-order chi connectivity index (χ0) is 43.4. The van der Waals surface area contributed by atoms with Gasteiger partial charge in [-0.05, 0) is 6.92 Å². The molecule has 0 saturated heterocycles. The van der Waals surface area contributed by atoms with Crippen LogP contribution in [0.5, 0.6) is 0 Å². The topological polar surface area (TPSA) is 144 Å².